The summed E-state index contributed by atoms with van der Waals surface area (Å²) in [4.78, 5) is 35.5. The zero-order valence-corrected chi connectivity index (χ0v) is 17.3. The standard InChI is InChI=1S/C23H25N3O6/c24-21(28)10-19(22(29)30)25-26-11-13(27)9-20(26)23(31)32-12-18-16-7-3-1-5-14(16)15-6-2-4-8-17(15)18/h1-8,13,18-20,25,27H,9-12H2,(H2,24,28)(H,29,30)/t13-,19+,20+/m1/s1. The van der Waals surface area contributed by atoms with E-state index in [0.717, 1.165) is 22.3 Å². The number of rotatable bonds is 8. The molecule has 1 fully saturated rings. The number of ether oxygens (including phenoxy) is 1. The molecule has 3 atom stereocenters. The number of aliphatic hydroxyl groups excluding tert-OH is 1. The van der Waals surface area contributed by atoms with Gasteiger partial charge in [-0.1, -0.05) is 48.5 Å². The highest BCUT2D eigenvalue weighted by Gasteiger charge is 2.40. The second kappa shape index (κ2) is 9.07. The monoisotopic (exact) mass is 439 g/mol. The molecule has 0 aromatic heterocycles. The number of primary amides is 1. The van der Waals surface area contributed by atoms with Crippen molar-refractivity contribution < 1.29 is 29.3 Å². The summed E-state index contributed by atoms with van der Waals surface area (Å²) in [6.45, 7) is 0.147. The lowest BCUT2D eigenvalue weighted by Crippen LogP contribution is -2.54. The molecule has 0 radical (unpaired) electrons. The molecule has 9 nitrogen and oxygen atoms in total. The number of benzene rings is 2. The number of β-amino-alcohol motifs (C(OH)–C–C–N with tert-alkyl or cyclic N) is 1. The molecule has 0 bridgehead atoms. The van der Waals surface area contributed by atoms with Crippen molar-refractivity contribution >= 4 is 17.8 Å². The molecule has 1 heterocycles. The van der Waals surface area contributed by atoms with Gasteiger partial charge >= 0.3 is 11.9 Å². The number of hydrazine groups is 1. The van der Waals surface area contributed by atoms with Crippen molar-refractivity contribution in [2.45, 2.75) is 36.9 Å². The van der Waals surface area contributed by atoms with Crippen molar-refractivity contribution in [1.29, 1.82) is 0 Å². The van der Waals surface area contributed by atoms with Gasteiger partial charge in [0.05, 0.1) is 12.5 Å². The van der Waals surface area contributed by atoms with Gasteiger partial charge in [0.15, 0.2) is 0 Å². The minimum Gasteiger partial charge on any atom is -0.480 e. The number of fused-ring (bicyclic) bond motifs is 3. The number of carbonyl (C=O) groups excluding carboxylic acids is 2. The van der Waals surface area contributed by atoms with Crippen LogP contribution in [0.1, 0.15) is 29.9 Å². The number of carboxylic acid groups (broad SMARTS) is 1. The number of hydrogen-bond acceptors (Lipinski definition) is 7. The number of hydrogen-bond donors (Lipinski definition) is 4. The maximum absolute atomic E-state index is 12.9. The van der Waals surface area contributed by atoms with Gasteiger partial charge in [0.2, 0.25) is 5.91 Å². The number of carboxylic acids is 1. The van der Waals surface area contributed by atoms with Crippen LogP contribution in [0, 0.1) is 0 Å². The third-order valence-corrected chi connectivity index (χ3v) is 5.93. The highest BCUT2D eigenvalue weighted by molar-refractivity contribution is 5.83. The molecule has 4 rings (SSSR count). The first-order valence-corrected chi connectivity index (χ1v) is 10.4. The van der Waals surface area contributed by atoms with Gasteiger partial charge in [-0.15, -0.1) is 0 Å². The average Bonchev–Trinajstić information content (AvgIpc) is 3.29. The molecule has 1 aliphatic carbocycles. The minimum atomic E-state index is -1.30. The van der Waals surface area contributed by atoms with E-state index < -0.39 is 42.5 Å². The fourth-order valence-corrected chi connectivity index (χ4v) is 4.47. The Balaban J connectivity index is 1.46. The number of carbonyl (C=O) groups is 3. The molecule has 0 spiro atoms. The zero-order chi connectivity index (χ0) is 22.8. The molecule has 1 amide bonds. The van der Waals surface area contributed by atoms with Gasteiger partial charge in [-0.3, -0.25) is 14.4 Å². The lowest BCUT2D eigenvalue weighted by Gasteiger charge is -2.27. The van der Waals surface area contributed by atoms with E-state index in [1.807, 2.05) is 48.5 Å². The summed E-state index contributed by atoms with van der Waals surface area (Å²) in [5.74, 6) is -2.75. The topological polar surface area (TPSA) is 142 Å². The summed E-state index contributed by atoms with van der Waals surface area (Å²) in [6.07, 6.45) is -1.19. The molecule has 5 N–H and O–H groups in total. The molecule has 2 aromatic rings. The summed E-state index contributed by atoms with van der Waals surface area (Å²) in [5.41, 5.74) is 12.1. The SMILES string of the molecule is NC(=O)C[C@H](NN1C[C@H](O)C[C@H]1C(=O)OCC1c2ccccc2-c2ccccc21)C(=O)O. The van der Waals surface area contributed by atoms with Crippen LogP contribution < -0.4 is 11.2 Å². The molecule has 1 aliphatic heterocycles. The molecule has 2 aliphatic rings. The van der Waals surface area contributed by atoms with Crippen LogP contribution in [0.4, 0.5) is 0 Å². The number of nitrogens with two attached hydrogens (primary N) is 1. The van der Waals surface area contributed by atoms with Crippen molar-refractivity contribution in [2.75, 3.05) is 13.2 Å². The van der Waals surface area contributed by atoms with Gasteiger partial charge in [-0.2, -0.15) is 0 Å². The molecule has 0 unspecified atom stereocenters. The molecule has 2 aromatic carbocycles. The van der Waals surface area contributed by atoms with Crippen molar-refractivity contribution in [3.8, 4) is 11.1 Å². The van der Waals surface area contributed by atoms with Crippen molar-refractivity contribution in [2.24, 2.45) is 5.73 Å². The summed E-state index contributed by atoms with van der Waals surface area (Å²) >= 11 is 0. The molecular formula is C23H25N3O6. The van der Waals surface area contributed by atoms with Gasteiger partial charge in [0.25, 0.3) is 0 Å². The third kappa shape index (κ3) is 4.36. The summed E-state index contributed by atoms with van der Waals surface area (Å²) < 4.78 is 5.65. The van der Waals surface area contributed by atoms with E-state index in [2.05, 4.69) is 5.43 Å². The summed E-state index contributed by atoms with van der Waals surface area (Å²) in [6, 6.07) is 13.8. The Morgan fingerprint density at radius 1 is 1.09 bits per heavy atom. The number of aliphatic hydroxyl groups is 1. The van der Waals surface area contributed by atoms with E-state index in [-0.39, 0.29) is 25.5 Å². The van der Waals surface area contributed by atoms with E-state index in [4.69, 9.17) is 10.5 Å². The van der Waals surface area contributed by atoms with Crippen LogP contribution in [0.25, 0.3) is 11.1 Å². The number of nitrogens with one attached hydrogen (secondary N) is 1. The zero-order valence-electron chi connectivity index (χ0n) is 17.3. The molecule has 168 valence electrons. The van der Waals surface area contributed by atoms with Crippen molar-refractivity contribution in [1.82, 2.24) is 10.4 Å². The molecule has 32 heavy (non-hydrogen) atoms. The van der Waals surface area contributed by atoms with Gasteiger partial charge in [-0.05, 0) is 22.3 Å². The van der Waals surface area contributed by atoms with Crippen molar-refractivity contribution in [3.63, 3.8) is 0 Å². The summed E-state index contributed by atoms with van der Waals surface area (Å²) in [7, 11) is 0. The smallest absolute Gasteiger partial charge is 0.324 e. The largest absolute Gasteiger partial charge is 0.480 e. The first-order chi connectivity index (χ1) is 15.3. The van der Waals surface area contributed by atoms with E-state index >= 15 is 0 Å². The van der Waals surface area contributed by atoms with Crippen LogP contribution in [0.2, 0.25) is 0 Å². The Labute approximate surface area is 184 Å². The van der Waals surface area contributed by atoms with Crippen LogP contribution in [0.5, 0.6) is 0 Å². The predicted octanol–water partition coefficient (Wildman–Crippen LogP) is 0.611. The van der Waals surface area contributed by atoms with Gasteiger partial charge in [0.1, 0.15) is 18.7 Å². The molecular weight excluding hydrogens is 414 g/mol. The first kappa shape index (κ1) is 21.9. The van der Waals surface area contributed by atoms with E-state index in [1.54, 1.807) is 0 Å². The van der Waals surface area contributed by atoms with Crippen LogP contribution >= 0.6 is 0 Å². The normalized spacial score (nSPS) is 21.0. The molecule has 1 saturated heterocycles. The average molecular weight is 439 g/mol. The Morgan fingerprint density at radius 3 is 2.25 bits per heavy atom. The third-order valence-electron chi connectivity index (χ3n) is 5.93. The first-order valence-electron chi connectivity index (χ1n) is 10.4. The Hall–Kier alpha value is -3.27. The lowest BCUT2D eigenvalue weighted by atomic mass is 9.98. The Bertz CT molecular complexity index is 996. The lowest BCUT2D eigenvalue weighted by molar-refractivity contribution is -0.153. The Kier molecular flexibility index (Phi) is 6.22. The molecule has 9 heteroatoms. The van der Waals surface area contributed by atoms with E-state index in [9.17, 15) is 24.6 Å². The molecule has 0 saturated carbocycles. The van der Waals surface area contributed by atoms with Crippen LogP contribution in [-0.4, -0.2) is 64.4 Å². The minimum absolute atomic E-state index is 0.0252. The second-order valence-electron chi connectivity index (χ2n) is 8.11. The number of aliphatic carboxylic acids is 1. The van der Waals surface area contributed by atoms with E-state index in [1.165, 1.54) is 5.01 Å². The highest BCUT2D eigenvalue weighted by atomic mass is 16.5. The van der Waals surface area contributed by atoms with Gasteiger partial charge in [-0.25, -0.2) is 10.4 Å². The van der Waals surface area contributed by atoms with Crippen molar-refractivity contribution in [3.05, 3.63) is 59.7 Å². The number of esters is 1. The fourth-order valence-electron chi connectivity index (χ4n) is 4.47. The second-order valence-corrected chi connectivity index (χ2v) is 8.11. The maximum Gasteiger partial charge on any atom is 0.324 e. The van der Waals surface area contributed by atoms with Crippen LogP contribution in [0.15, 0.2) is 48.5 Å². The fraction of sp³-hybridized carbons (Fsp3) is 0.348. The van der Waals surface area contributed by atoms with Crippen LogP contribution in [-0.2, 0) is 19.1 Å². The maximum atomic E-state index is 12.9. The Morgan fingerprint density at radius 2 is 1.69 bits per heavy atom. The number of amides is 1. The van der Waals surface area contributed by atoms with E-state index in [0.29, 0.717) is 0 Å². The van der Waals surface area contributed by atoms with Crippen LogP contribution in [0.3, 0.4) is 0 Å². The number of nitrogens with zero attached hydrogens (tertiary/aromatic N) is 1. The highest BCUT2D eigenvalue weighted by Crippen LogP contribution is 2.44. The quantitative estimate of drug-likeness (QED) is 0.438. The predicted molar refractivity (Wildman–Crippen MR) is 114 cm³/mol. The van der Waals surface area contributed by atoms with Gasteiger partial charge < -0.3 is 20.7 Å². The van der Waals surface area contributed by atoms with Gasteiger partial charge in [0, 0.05) is 18.9 Å². The summed E-state index contributed by atoms with van der Waals surface area (Å²) in [5, 5.41) is 20.7.